The molecule has 1 aromatic rings. The van der Waals surface area contributed by atoms with Crippen molar-refractivity contribution in [3.05, 3.63) is 39.4 Å². The number of rotatable bonds is 2. The summed E-state index contributed by atoms with van der Waals surface area (Å²) in [5.41, 5.74) is -2.15. The van der Waals surface area contributed by atoms with Gasteiger partial charge >= 0.3 is 6.18 Å². The van der Waals surface area contributed by atoms with Gasteiger partial charge in [0.15, 0.2) is 0 Å². The molecule has 0 aliphatic heterocycles. The van der Waals surface area contributed by atoms with E-state index < -0.39 is 27.8 Å². The summed E-state index contributed by atoms with van der Waals surface area (Å²) < 4.78 is 37.5. The summed E-state index contributed by atoms with van der Waals surface area (Å²) in [6, 6.07) is 2.50. The molecule has 0 heterocycles. The van der Waals surface area contributed by atoms with Gasteiger partial charge < -0.3 is 0 Å². The number of terminal acetylenes is 1. The van der Waals surface area contributed by atoms with Crippen molar-refractivity contribution in [1.82, 2.24) is 0 Å². The molecule has 1 aromatic carbocycles. The monoisotopic (exact) mass is 255 g/mol. The third-order valence-corrected chi connectivity index (χ3v) is 3.06. The number of hydrogen-bond acceptors (Lipinski definition) is 2. The molecule has 0 atom stereocenters. The molecule has 1 saturated carbocycles. The lowest BCUT2D eigenvalue weighted by molar-refractivity contribution is -0.386. The minimum absolute atomic E-state index is 0.197. The van der Waals surface area contributed by atoms with Crippen molar-refractivity contribution in [2.45, 2.75) is 24.4 Å². The molecule has 6 heteroatoms. The first-order valence-corrected chi connectivity index (χ1v) is 5.14. The quantitative estimate of drug-likeness (QED) is 0.462. The van der Waals surface area contributed by atoms with Crippen LogP contribution in [0, 0.1) is 22.5 Å². The van der Waals surface area contributed by atoms with Gasteiger partial charge in [-0.3, -0.25) is 10.1 Å². The normalized spacial score (nSPS) is 17.0. The van der Waals surface area contributed by atoms with Gasteiger partial charge in [-0.2, -0.15) is 13.2 Å². The Morgan fingerprint density at radius 1 is 1.39 bits per heavy atom. The summed E-state index contributed by atoms with van der Waals surface area (Å²) in [7, 11) is 0. The van der Waals surface area contributed by atoms with E-state index in [0.29, 0.717) is 18.9 Å². The third-order valence-electron chi connectivity index (χ3n) is 3.06. The summed E-state index contributed by atoms with van der Waals surface area (Å²) in [6.07, 6.45) is 1.83. The van der Waals surface area contributed by atoms with Crippen molar-refractivity contribution in [2.24, 2.45) is 0 Å². The van der Waals surface area contributed by atoms with Gasteiger partial charge in [0.25, 0.3) is 5.69 Å². The van der Waals surface area contributed by atoms with Crippen LogP contribution in [0.5, 0.6) is 0 Å². The van der Waals surface area contributed by atoms with E-state index in [1.54, 1.807) is 0 Å². The molecule has 0 saturated heterocycles. The first-order valence-electron chi connectivity index (χ1n) is 5.14. The Hall–Kier alpha value is -2.03. The Morgan fingerprint density at radius 2 is 2.00 bits per heavy atom. The molecule has 0 spiro atoms. The average Bonchev–Trinajstić information content (AvgIpc) is 3.07. The Labute approximate surface area is 101 Å². The molecule has 0 aromatic heterocycles. The number of nitro groups is 1. The van der Waals surface area contributed by atoms with E-state index in [0.717, 1.165) is 12.1 Å². The summed E-state index contributed by atoms with van der Waals surface area (Å²) in [4.78, 5) is 10.0. The largest absolute Gasteiger partial charge is 0.416 e. The lowest BCUT2D eigenvalue weighted by Crippen LogP contribution is -2.11. The second-order valence-corrected chi connectivity index (χ2v) is 4.21. The minimum Gasteiger partial charge on any atom is -0.258 e. The maximum atomic E-state index is 12.5. The Balaban J connectivity index is 2.57. The second kappa shape index (κ2) is 3.73. The summed E-state index contributed by atoms with van der Waals surface area (Å²) in [5.74, 6) is 2.44. The zero-order chi connectivity index (χ0) is 13.6. The number of alkyl halides is 3. The number of nitro benzene ring substituents is 1. The van der Waals surface area contributed by atoms with E-state index in [9.17, 15) is 23.3 Å². The van der Waals surface area contributed by atoms with Gasteiger partial charge in [-0.05, 0) is 18.9 Å². The van der Waals surface area contributed by atoms with Crippen LogP contribution in [-0.2, 0) is 11.6 Å². The lowest BCUT2D eigenvalue weighted by Gasteiger charge is -2.12. The first-order chi connectivity index (χ1) is 8.30. The molecular formula is C12H8F3NO2. The van der Waals surface area contributed by atoms with Crippen LogP contribution in [0.1, 0.15) is 24.0 Å². The predicted molar refractivity (Wildman–Crippen MR) is 57.8 cm³/mol. The highest BCUT2D eigenvalue weighted by molar-refractivity contribution is 5.54. The topological polar surface area (TPSA) is 43.1 Å². The van der Waals surface area contributed by atoms with Crippen LogP contribution >= 0.6 is 0 Å². The molecule has 1 aliphatic rings. The van der Waals surface area contributed by atoms with Crippen molar-refractivity contribution in [3.8, 4) is 12.3 Å². The molecule has 1 aliphatic carbocycles. The highest BCUT2D eigenvalue weighted by Gasteiger charge is 2.47. The number of nitrogens with zero attached hydrogens (tertiary/aromatic N) is 1. The molecule has 0 unspecified atom stereocenters. The van der Waals surface area contributed by atoms with Crippen molar-refractivity contribution in [3.63, 3.8) is 0 Å². The number of hydrogen-bond donors (Lipinski definition) is 0. The van der Waals surface area contributed by atoms with Gasteiger partial charge in [0.05, 0.1) is 15.9 Å². The molecule has 94 valence electrons. The third kappa shape index (κ3) is 1.92. The zero-order valence-electron chi connectivity index (χ0n) is 9.12. The Morgan fingerprint density at radius 3 is 2.39 bits per heavy atom. The van der Waals surface area contributed by atoms with E-state index in [1.165, 1.54) is 0 Å². The first kappa shape index (κ1) is 12.4. The van der Waals surface area contributed by atoms with Gasteiger partial charge in [0.1, 0.15) is 0 Å². The summed E-state index contributed by atoms with van der Waals surface area (Å²) in [6.45, 7) is 0. The summed E-state index contributed by atoms with van der Waals surface area (Å²) >= 11 is 0. The summed E-state index contributed by atoms with van der Waals surface area (Å²) in [5, 5.41) is 10.9. The highest BCUT2D eigenvalue weighted by Crippen LogP contribution is 2.51. The van der Waals surface area contributed by atoms with Gasteiger partial charge in [-0.1, -0.05) is 12.0 Å². The number of halogens is 3. The molecule has 0 radical (unpaired) electrons. The van der Waals surface area contributed by atoms with Crippen molar-refractivity contribution < 1.29 is 18.1 Å². The Kier molecular flexibility index (Phi) is 2.58. The van der Waals surface area contributed by atoms with E-state index in [4.69, 9.17) is 6.42 Å². The van der Waals surface area contributed by atoms with Crippen LogP contribution < -0.4 is 0 Å². The van der Waals surface area contributed by atoms with Crippen molar-refractivity contribution in [1.29, 1.82) is 0 Å². The van der Waals surface area contributed by atoms with Gasteiger partial charge in [0.2, 0.25) is 0 Å². The lowest BCUT2D eigenvalue weighted by atomic mass is 9.94. The smallest absolute Gasteiger partial charge is 0.258 e. The van der Waals surface area contributed by atoms with Crippen molar-refractivity contribution >= 4 is 5.69 Å². The van der Waals surface area contributed by atoms with Crippen LogP contribution in [0.4, 0.5) is 18.9 Å². The molecular weight excluding hydrogens is 247 g/mol. The van der Waals surface area contributed by atoms with E-state index in [-0.39, 0.29) is 5.56 Å². The van der Waals surface area contributed by atoms with Gasteiger partial charge in [-0.15, -0.1) is 6.42 Å². The molecule has 18 heavy (non-hydrogen) atoms. The van der Waals surface area contributed by atoms with E-state index in [1.807, 2.05) is 0 Å². The van der Waals surface area contributed by atoms with Crippen LogP contribution in [0.15, 0.2) is 18.2 Å². The molecule has 2 rings (SSSR count). The molecule has 0 bridgehead atoms. The van der Waals surface area contributed by atoms with Crippen LogP contribution in [-0.4, -0.2) is 4.92 Å². The highest BCUT2D eigenvalue weighted by atomic mass is 19.4. The van der Waals surface area contributed by atoms with E-state index in [2.05, 4.69) is 5.92 Å². The van der Waals surface area contributed by atoms with Gasteiger partial charge in [-0.25, -0.2) is 0 Å². The Bertz CT molecular complexity index is 553. The van der Waals surface area contributed by atoms with Gasteiger partial charge in [0, 0.05) is 11.6 Å². The minimum atomic E-state index is -4.60. The molecule has 3 nitrogen and oxygen atoms in total. The fourth-order valence-corrected chi connectivity index (χ4v) is 1.88. The average molecular weight is 255 g/mol. The molecule has 0 amide bonds. The van der Waals surface area contributed by atoms with Crippen LogP contribution in [0.2, 0.25) is 0 Å². The fourth-order valence-electron chi connectivity index (χ4n) is 1.88. The predicted octanol–water partition coefficient (Wildman–Crippen LogP) is 3.28. The molecule has 1 fully saturated rings. The standard InChI is InChI=1S/C12H8F3NO2/c1-2-11(5-6-11)9-4-3-8(12(13,14)15)7-10(9)16(17)18/h1,3-4,7H,5-6H2. The molecule has 0 N–H and O–H groups in total. The van der Waals surface area contributed by atoms with Crippen LogP contribution in [0.25, 0.3) is 0 Å². The maximum absolute atomic E-state index is 12.5. The van der Waals surface area contributed by atoms with Crippen molar-refractivity contribution in [2.75, 3.05) is 0 Å². The fraction of sp³-hybridized carbons (Fsp3) is 0.333. The maximum Gasteiger partial charge on any atom is 0.416 e. The number of benzene rings is 1. The van der Waals surface area contributed by atoms with Crippen LogP contribution in [0.3, 0.4) is 0 Å². The van der Waals surface area contributed by atoms with E-state index >= 15 is 0 Å². The zero-order valence-corrected chi connectivity index (χ0v) is 9.12. The second-order valence-electron chi connectivity index (χ2n) is 4.21. The SMILES string of the molecule is C#CC1(c2ccc(C(F)(F)F)cc2[N+](=O)[O-])CC1.